The van der Waals surface area contributed by atoms with Crippen LogP contribution in [0.5, 0.6) is 0 Å². The van der Waals surface area contributed by atoms with Crippen LogP contribution in [0.4, 0.5) is 0 Å². The van der Waals surface area contributed by atoms with E-state index in [2.05, 4.69) is 55.4 Å². The minimum Gasteiger partial charge on any atom is -0.352 e. The van der Waals surface area contributed by atoms with Crippen molar-refractivity contribution < 1.29 is 9.47 Å². The third-order valence-corrected chi connectivity index (χ3v) is 4.41. The van der Waals surface area contributed by atoms with Crippen LogP contribution in [0.2, 0.25) is 0 Å². The van der Waals surface area contributed by atoms with Gasteiger partial charge in [0.25, 0.3) is 0 Å². The third kappa shape index (κ3) is 4.60. The Balaban J connectivity index is 2.77. The van der Waals surface area contributed by atoms with Gasteiger partial charge in [0.15, 0.2) is 6.29 Å². The Bertz CT molecular complexity index is 327. The van der Waals surface area contributed by atoms with E-state index in [0.29, 0.717) is 17.8 Å². The van der Waals surface area contributed by atoms with Crippen LogP contribution in [0.15, 0.2) is 11.1 Å². The molecule has 0 aromatic heterocycles. The molecule has 0 bridgehead atoms. The zero-order chi connectivity index (χ0) is 15.5. The first-order chi connectivity index (χ1) is 9.15. The molecule has 0 aliphatic heterocycles. The van der Waals surface area contributed by atoms with Crippen LogP contribution < -0.4 is 0 Å². The maximum Gasteiger partial charge on any atom is 0.164 e. The standard InChI is InChI=1S/C18H34O2/c1-12(2)10-19-17(20-11-13(3)4)16-9-18(7,8)15(6)14(16)5/h12-13,16-17H,9-11H2,1-8H3. The summed E-state index contributed by atoms with van der Waals surface area (Å²) in [6.07, 6.45) is 1.04. The van der Waals surface area contributed by atoms with E-state index >= 15 is 0 Å². The lowest BCUT2D eigenvalue weighted by atomic mass is 9.85. The Morgan fingerprint density at radius 1 is 1.00 bits per heavy atom. The van der Waals surface area contributed by atoms with Crippen molar-refractivity contribution in [2.75, 3.05) is 13.2 Å². The van der Waals surface area contributed by atoms with Crippen molar-refractivity contribution in [1.82, 2.24) is 0 Å². The van der Waals surface area contributed by atoms with Gasteiger partial charge in [0, 0.05) is 5.92 Å². The Morgan fingerprint density at radius 2 is 1.45 bits per heavy atom. The molecule has 0 heterocycles. The van der Waals surface area contributed by atoms with Gasteiger partial charge in [0.05, 0.1) is 13.2 Å². The van der Waals surface area contributed by atoms with Crippen molar-refractivity contribution in [3.63, 3.8) is 0 Å². The second-order valence-corrected chi connectivity index (χ2v) is 7.83. The molecule has 20 heavy (non-hydrogen) atoms. The lowest BCUT2D eigenvalue weighted by molar-refractivity contribution is -0.177. The molecule has 118 valence electrons. The van der Waals surface area contributed by atoms with Gasteiger partial charge >= 0.3 is 0 Å². The van der Waals surface area contributed by atoms with E-state index in [-0.39, 0.29) is 11.7 Å². The number of ether oxygens (including phenoxy) is 2. The van der Waals surface area contributed by atoms with Gasteiger partial charge in [-0.2, -0.15) is 0 Å². The van der Waals surface area contributed by atoms with E-state index < -0.39 is 0 Å². The van der Waals surface area contributed by atoms with Crippen molar-refractivity contribution in [2.24, 2.45) is 23.2 Å². The summed E-state index contributed by atoms with van der Waals surface area (Å²) in [6, 6.07) is 0. The highest BCUT2D eigenvalue weighted by Crippen LogP contribution is 2.47. The van der Waals surface area contributed by atoms with Gasteiger partial charge in [-0.05, 0) is 37.5 Å². The summed E-state index contributed by atoms with van der Waals surface area (Å²) in [5.74, 6) is 1.49. The molecule has 1 rings (SSSR count). The summed E-state index contributed by atoms with van der Waals surface area (Å²) in [6.45, 7) is 19.5. The topological polar surface area (TPSA) is 18.5 Å². The first-order valence-corrected chi connectivity index (χ1v) is 8.06. The van der Waals surface area contributed by atoms with E-state index in [9.17, 15) is 0 Å². The van der Waals surface area contributed by atoms with Crippen LogP contribution in [-0.2, 0) is 9.47 Å². The fraction of sp³-hybridized carbons (Fsp3) is 0.889. The summed E-state index contributed by atoms with van der Waals surface area (Å²) in [7, 11) is 0. The third-order valence-electron chi connectivity index (χ3n) is 4.41. The second kappa shape index (κ2) is 7.09. The van der Waals surface area contributed by atoms with Crippen LogP contribution in [0.1, 0.15) is 61.8 Å². The van der Waals surface area contributed by atoms with Gasteiger partial charge < -0.3 is 9.47 Å². The molecule has 1 unspecified atom stereocenters. The summed E-state index contributed by atoms with van der Waals surface area (Å²) in [5, 5.41) is 0. The predicted octanol–water partition coefficient (Wildman–Crippen LogP) is 5.04. The molecule has 1 aliphatic carbocycles. The molecule has 0 aromatic rings. The summed E-state index contributed by atoms with van der Waals surface area (Å²) in [5.41, 5.74) is 3.25. The van der Waals surface area contributed by atoms with Crippen molar-refractivity contribution in [1.29, 1.82) is 0 Å². The fourth-order valence-electron chi connectivity index (χ4n) is 2.82. The largest absolute Gasteiger partial charge is 0.352 e. The van der Waals surface area contributed by atoms with E-state index in [0.717, 1.165) is 19.6 Å². The minimum atomic E-state index is -0.0866. The maximum absolute atomic E-state index is 6.09. The lowest BCUT2D eigenvalue weighted by Gasteiger charge is -2.28. The summed E-state index contributed by atoms with van der Waals surface area (Å²) < 4.78 is 12.2. The van der Waals surface area contributed by atoms with Crippen molar-refractivity contribution >= 4 is 0 Å². The maximum atomic E-state index is 6.09. The van der Waals surface area contributed by atoms with Crippen LogP contribution in [0.3, 0.4) is 0 Å². The monoisotopic (exact) mass is 282 g/mol. The zero-order valence-electron chi connectivity index (χ0n) is 14.7. The average molecular weight is 282 g/mol. The fourth-order valence-corrected chi connectivity index (χ4v) is 2.82. The van der Waals surface area contributed by atoms with Gasteiger partial charge in [-0.3, -0.25) is 0 Å². The van der Waals surface area contributed by atoms with Gasteiger partial charge in [0.2, 0.25) is 0 Å². The molecule has 0 aromatic carbocycles. The molecule has 2 nitrogen and oxygen atoms in total. The van der Waals surface area contributed by atoms with Crippen LogP contribution in [0.25, 0.3) is 0 Å². The molecule has 0 spiro atoms. The van der Waals surface area contributed by atoms with E-state index in [4.69, 9.17) is 9.47 Å². The van der Waals surface area contributed by atoms with Gasteiger partial charge in [-0.25, -0.2) is 0 Å². The number of hydrogen-bond acceptors (Lipinski definition) is 2. The molecular weight excluding hydrogens is 248 g/mol. The Labute approximate surface area is 125 Å². The molecule has 0 fully saturated rings. The Kier molecular flexibility index (Phi) is 6.27. The zero-order valence-corrected chi connectivity index (χ0v) is 14.7. The lowest BCUT2D eigenvalue weighted by Crippen LogP contribution is -2.30. The highest BCUT2D eigenvalue weighted by molar-refractivity contribution is 5.26. The molecular formula is C18H34O2. The van der Waals surface area contributed by atoms with Crippen molar-refractivity contribution in [2.45, 2.75) is 68.1 Å². The number of allylic oxidation sites excluding steroid dienone is 1. The van der Waals surface area contributed by atoms with Crippen molar-refractivity contribution in [3.8, 4) is 0 Å². The Morgan fingerprint density at radius 3 is 1.75 bits per heavy atom. The van der Waals surface area contributed by atoms with Crippen LogP contribution in [-0.4, -0.2) is 19.5 Å². The number of hydrogen-bond donors (Lipinski definition) is 0. The highest BCUT2D eigenvalue weighted by Gasteiger charge is 2.39. The van der Waals surface area contributed by atoms with E-state index in [1.54, 1.807) is 0 Å². The van der Waals surface area contributed by atoms with Gasteiger partial charge in [0.1, 0.15) is 0 Å². The predicted molar refractivity (Wildman–Crippen MR) is 85.6 cm³/mol. The average Bonchev–Trinajstić information content (AvgIpc) is 2.52. The molecule has 0 amide bonds. The van der Waals surface area contributed by atoms with Crippen LogP contribution in [0, 0.1) is 23.2 Å². The normalized spacial score (nSPS) is 22.6. The summed E-state index contributed by atoms with van der Waals surface area (Å²) >= 11 is 0. The molecule has 1 atom stereocenters. The van der Waals surface area contributed by atoms with Crippen molar-refractivity contribution in [3.05, 3.63) is 11.1 Å². The molecule has 2 heteroatoms. The van der Waals surface area contributed by atoms with Gasteiger partial charge in [-0.15, -0.1) is 0 Å². The molecule has 0 saturated carbocycles. The number of rotatable bonds is 7. The minimum absolute atomic E-state index is 0.0866. The molecule has 1 aliphatic rings. The first kappa shape index (κ1) is 17.7. The molecule has 0 N–H and O–H groups in total. The smallest absolute Gasteiger partial charge is 0.164 e. The SMILES string of the molecule is CC1=C(C)C(C)(C)CC1C(OCC(C)C)OCC(C)C. The second-order valence-electron chi connectivity index (χ2n) is 7.83. The van der Waals surface area contributed by atoms with Gasteiger partial charge in [-0.1, -0.05) is 52.7 Å². The van der Waals surface area contributed by atoms with E-state index in [1.807, 2.05) is 0 Å². The highest BCUT2D eigenvalue weighted by atomic mass is 16.7. The molecule has 0 saturated heterocycles. The molecule has 0 radical (unpaired) electrons. The quantitative estimate of drug-likeness (QED) is 0.481. The summed E-state index contributed by atoms with van der Waals surface area (Å²) in [4.78, 5) is 0. The first-order valence-electron chi connectivity index (χ1n) is 8.06. The van der Waals surface area contributed by atoms with Crippen LogP contribution >= 0.6 is 0 Å². The Hall–Kier alpha value is -0.340. The van der Waals surface area contributed by atoms with E-state index in [1.165, 1.54) is 11.1 Å².